The molecule has 4 nitrogen and oxygen atoms in total. The predicted octanol–water partition coefficient (Wildman–Crippen LogP) is 3.25. The third-order valence-corrected chi connectivity index (χ3v) is 3.17. The molecular weight excluding hydrogens is 238 g/mol. The molecule has 1 aromatic carbocycles. The van der Waals surface area contributed by atoms with Crippen LogP contribution in [0.25, 0.3) is 22.2 Å². The Hall–Kier alpha value is -2.36. The number of hydrogen-bond donors (Lipinski definition) is 1. The smallest absolute Gasteiger partial charge is 0.316 e. The Kier molecular flexibility index (Phi) is 2.71. The molecule has 3 aromatic rings. The number of rotatable bonds is 2. The number of nitrogens with zero attached hydrogens (tertiary/aromatic N) is 2. The minimum absolute atomic E-state index is 0.402. The van der Waals surface area contributed by atoms with Crippen molar-refractivity contribution in [1.29, 1.82) is 0 Å². The molecule has 2 aromatic heterocycles. The van der Waals surface area contributed by atoms with Gasteiger partial charge in [-0.05, 0) is 26.0 Å². The topological polar surface area (TPSA) is 50.8 Å². The molecule has 3 rings (SSSR count). The van der Waals surface area contributed by atoms with E-state index in [0.717, 1.165) is 28.2 Å². The number of aryl methyl sites for hydroxylation is 2. The number of methoxy groups -OCH3 is 1. The van der Waals surface area contributed by atoms with Gasteiger partial charge in [0.1, 0.15) is 0 Å². The van der Waals surface area contributed by atoms with Crippen LogP contribution in [0.3, 0.4) is 0 Å². The molecule has 0 saturated heterocycles. The van der Waals surface area contributed by atoms with Gasteiger partial charge in [-0.25, -0.2) is 4.98 Å². The van der Waals surface area contributed by atoms with Gasteiger partial charge in [0.05, 0.1) is 12.8 Å². The summed E-state index contributed by atoms with van der Waals surface area (Å²) in [6.45, 7) is 4.00. The first-order valence-electron chi connectivity index (χ1n) is 6.16. The zero-order valence-electron chi connectivity index (χ0n) is 11.2. The summed E-state index contributed by atoms with van der Waals surface area (Å²) in [6.07, 6.45) is 0. The first kappa shape index (κ1) is 11.7. The van der Waals surface area contributed by atoms with Gasteiger partial charge in [-0.2, -0.15) is 4.98 Å². The quantitative estimate of drug-likeness (QED) is 0.762. The molecule has 0 saturated carbocycles. The van der Waals surface area contributed by atoms with E-state index in [-0.39, 0.29) is 0 Å². The van der Waals surface area contributed by atoms with Crippen LogP contribution in [-0.2, 0) is 0 Å². The maximum Gasteiger partial charge on any atom is 0.316 e. The van der Waals surface area contributed by atoms with E-state index in [9.17, 15) is 0 Å². The normalized spacial score (nSPS) is 10.9. The Labute approximate surface area is 111 Å². The van der Waals surface area contributed by atoms with E-state index in [1.54, 1.807) is 7.11 Å². The number of benzene rings is 1. The fourth-order valence-corrected chi connectivity index (χ4v) is 2.37. The second-order valence-corrected chi connectivity index (χ2v) is 4.55. The van der Waals surface area contributed by atoms with Gasteiger partial charge in [0.25, 0.3) is 0 Å². The molecule has 0 bridgehead atoms. The molecule has 0 radical (unpaired) electrons. The maximum atomic E-state index is 5.15. The number of H-pyrrole nitrogens is 1. The van der Waals surface area contributed by atoms with Crippen molar-refractivity contribution in [3.8, 4) is 17.3 Å². The fraction of sp³-hybridized carbons (Fsp3) is 0.200. The standard InChI is InChI=1S/C15H15N3O/c1-9-8-13(18-15(16-9)19-3)14-10(2)17-12-7-5-4-6-11(12)14/h4-8,17H,1-3H3. The van der Waals surface area contributed by atoms with E-state index >= 15 is 0 Å². The molecule has 2 heterocycles. The van der Waals surface area contributed by atoms with Gasteiger partial charge in [0.15, 0.2) is 0 Å². The van der Waals surface area contributed by atoms with Crippen LogP contribution >= 0.6 is 0 Å². The molecule has 1 N–H and O–H groups in total. The number of hydrogen-bond acceptors (Lipinski definition) is 3. The lowest BCUT2D eigenvalue weighted by molar-refractivity contribution is 0.379. The highest BCUT2D eigenvalue weighted by atomic mass is 16.5. The third-order valence-electron chi connectivity index (χ3n) is 3.17. The van der Waals surface area contributed by atoms with Gasteiger partial charge in [-0.15, -0.1) is 0 Å². The molecule has 0 atom stereocenters. The zero-order valence-corrected chi connectivity index (χ0v) is 11.2. The molecule has 19 heavy (non-hydrogen) atoms. The van der Waals surface area contributed by atoms with Crippen LogP contribution in [0.5, 0.6) is 6.01 Å². The summed E-state index contributed by atoms with van der Waals surface area (Å²) in [5, 5.41) is 1.17. The number of ether oxygens (including phenoxy) is 1. The molecule has 0 unspecified atom stereocenters. The van der Waals surface area contributed by atoms with Crippen molar-refractivity contribution >= 4 is 10.9 Å². The lowest BCUT2D eigenvalue weighted by Gasteiger charge is -2.05. The zero-order chi connectivity index (χ0) is 13.4. The molecule has 0 amide bonds. The van der Waals surface area contributed by atoms with Crippen LogP contribution in [0.1, 0.15) is 11.4 Å². The summed E-state index contributed by atoms with van der Waals surface area (Å²) in [4.78, 5) is 12.1. The first-order valence-corrected chi connectivity index (χ1v) is 6.16. The Bertz CT molecular complexity index is 746. The lowest BCUT2D eigenvalue weighted by Crippen LogP contribution is -1.96. The molecule has 0 spiro atoms. The minimum atomic E-state index is 0.402. The molecule has 96 valence electrons. The molecule has 4 heteroatoms. The van der Waals surface area contributed by atoms with Gasteiger partial charge < -0.3 is 9.72 Å². The summed E-state index contributed by atoms with van der Waals surface area (Å²) >= 11 is 0. The number of aromatic amines is 1. The van der Waals surface area contributed by atoms with Crippen LogP contribution in [-0.4, -0.2) is 22.1 Å². The molecule has 0 aliphatic carbocycles. The summed E-state index contributed by atoms with van der Waals surface area (Å²) in [5.74, 6) is 0. The summed E-state index contributed by atoms with van der Waals surface area (Å²) in [7, 11) is 1.58. The van der Waals surface area contributed by atoms with E-state index in [4.69, 9.17) is 4.74 Å². The second-order valence-electron chi connectivity index (χ2n) is 4.55. The van der Waals surface area contributed by atoms with Crippen LogP contribution in [0.2, 0.25) is 0 Å². The highest BCUT2D eigenvalue weighted by molar-refractivity contribution is 5.96. The Morgan fingerprint density at radius 1 is 1.11 bits per heavy atom. The van der Waals surface area contributed by atoms with E-state index in [2.05, 4.69) is 34.0 Å². The van der Waals surface area contributed by atoms with E-state index in [1.165, 1.54) is 5.39 Å². The molecule has 0 fully saturated rings. The minimum Gasteiger partial charge on any atom is -0.467 e. The number of fused-ring (bicyclic) bond motifs is 1. The highest BCUT2D eigenvalue weighted by Gasteiger charge is 2.13. The average Bonchev–Trinajstić information content (AvgIpc) is 2.73. The first-order chi connectivity index (χ1) is 9.19. The van der Waals surface area contributed by atoms with Crippen molar-refractivity contribution in [3.63, 3.8) is 0 Å². The lowest BCUT2D eigenvalue weighted by atomic mass is 10.1. The van der Waals surface area contributed by atoms with E-state index < -0.39 is 0 Å². The summed E-state index contributed by atoms with van der Waals surface area (Å²) in [5.41, 5.74) is 5.11. The van der Waals surface area contributed by atoms with Gasteiger partial charge in [-0.3, -0.25) is 0 Å². The monoisotopic (exact) mass is 253 g/mol. The van der Waals surface area contributed by atoms with Gasteiger partial charge >= 0.3 is 6.01 Å². The van der Waals surface area contributed by atoms with E-state index in [1.807, 2.05) is 25.1 Å². The number of aromatic nitrogens is 3. The molecule has 0 aliphatic heterocycles. The van der Waals surface area contributed by atoms with Crippen LogP contribution in [0.4, 0.5) is 0 Å². The predicted molar refractivity (Wildman–Crippen MR) is 75.4 cm³/mol. The highest BCUT2D eigenvalue weighted by Crippen LogP contribution is 2.31. The Morgan fingerprint density at radius 2 is 1.89 bits per heavy atom. The van der Waals surface area contributed by atoms with Crippen molar-refractivity contribution in [1.82, 2.24) is 15.0 Å². The van der Waals surface area contributed by atoms with Gasteiger partial charge in [0, 0.05) is 27.9 Å². The maximum absolute atomic E-state index is 5.15. The van der Waals surface area contributed by atoms with Gasteiger partial charge in [-0.1, -0.05) is 18.2 Å². The van der Waals surface area contributed by atoms with Crippen molar-refractivity contribution in [2.75, 3.05) is 7.11 Å². The van der Waals surface area contributed by atoms with Crippen LogP contribution in [0, 0.1) is 13.8 Å². The summed E-state index contributed by atoms with van der Waals surface area (Å²) < 4.78 is 5.15. The summed E-state index contributed by atoms with van der Waals surface area (Å²) in [6, 6.07) is 10.6. The van der Waals surface area contributed by atoms with Gasteiger partial charge in [0.2, 0.25) is 0 Å². The number of nitrogens with one attached hydrogen (secondary N) is 1. The second kappa shape index (κ2) is 4.39. The van der Waals surface area contributed by atoms with Crippen molar-refractivity contribution in [2.24, 2.45) is 0 Å². The largest absolute Gasteiger partial charge is 0.467 e. The van der Waals surface area contributed by atoms with Crippen molar-refractivity contribution in [3.05, 3.63) is 41.7 Å². The van der Waals surface area contributed by atoms with Crippen LogP contribution in [0.15, 0.2) is 30.3 Å². The average molecular weight is 253 g/mol. The van der Waals surface area contributed by atoms with Crippen molar-refractivity contribution < 1.29 is 4.74 Å². The van der Waals surface area contributed by atoms with Crippen molar-refractivity contribution in [2.45, 2.75) is 13.8 Å². The van der Waals surface area contributed by atoms with E-state index in [0.29, 0.717) is 6.01 Å². The fourth-order valence-electron chi connectivity index (χ4n) is 2.37. The van der Waals surface area contributed by atoms with Crippen LogP contribution < -0.4 is 4.74 Å². The molecular formula is C15H15N3O. The third kappa shape index (κ3) is 1.95. The molecule has 0 aliphatic rings. The Morgan fingerprint density at radius 3 is 2.68 bits per heavy atom. The Balaban J connectivity index is 2.29. The SMILES string of the molecule is COc1nc(C)cc(-c2c(C)[nH]c3ccccc23)n1. The number of para-hydroxylation sites is 1.